The third-order valence-corrected chi connectivity index (χ3v) is 2.70. The Kier molecular flexibility index (Phi) is 3.88. The molecule has 0 N–H and O–H groups in total. The van der Waals surface area contributed by atoms with Crippen LogP contribution in [0.15, 0.2) is 23.6 Å². The van der Waals surface area contributed by atoms with E-state index in [-0.39, 0.29) is 5.76 Å². The van der Waals surface area contributed by atoms with Crippen LogP contribution < -0.4 is 0 Å². The number of hydrogen-bond donors (Lipinski definition) is 0. The van der Waals surface area contributed by atoms with E-state index in [1.165, 1.54) is 7.11 Å². The lowest BCUT2D eigenvalue weighted by molar-refractivity contribution is -0.570. The molecular formula is C10H12N2O7. The van der Waals surface area contributed by atoms with Crippen LogP contribution in [-0.4, -0.2) is 34.6 Å². The fourth-order valence-corrected chi connectivity index (χ4v) is 1.68. The summed E-state index contributed by atoms with van der Waals surface area (Å²) in [5, 5.41) is 22.2. The molecule has 0 aliphatic heterocycles. The molecule has 0 heterocycles. The quantitative estimate of drug-likeness (QED) is 0.418. The van der Waals surface area contributed by atoms with Crippen LogP contribution in [0.5, 0.6) is 0 Å². The first kappa shape index (κ1) is 14.6. The minimum absolute atomic E-state index is 0.185. The Bertz CT molecular complexity index is 496. The average molecular weight is 272 g/mol. The monoisotopic (exact) mass is 272 g/mol. The van der Waals surface area contributed by atoms with Gasteiger partial charge in [-0.3, -0.25) is 25.0 Å². The molecule has 0 bridgehead atoms. The molecule has 1 rings (SSSR count). The maximum Gasteiger partial charge on any atom is 0.335 e. The number of carbonyl (C=O) groups is 1. The van der Waals surface area contributed by atoms with E-state index < -0.39 is 33.2 Å². The molecule has 0 radical (unpaired) electrons. The summed E-state index contributed by atoms with van der Waals surface area (Å²) in [5.41, 5.74) is -2.57. The van der Waals surface area contributed by atoms with Crippen molar-refractivity contribution >= 4 is 5.97 Å². The maximum atomic E-state index is 11.1. The third-order valence-electron chi connectivity index (χ3n) is 2.70. The van der Waals surface area contributed by atoms with Crippen LogP contribution in [0.4, 0.5) is 0 Å². The van der Waals surface area contributed by atoms with E-state index in [4.69, 9.17) is 9.47 Å². The van der Waals surface area contributed by atoms with Crippen LogP contribution in [-0.2, 0) is 14.3 Å². The molecule has 0 saturated carbocycles. The molecule has 9 heteroatoms. The highest BCUT2D eigenvalue weighted by Crippen LogP contribution is 2.33. The Hall–Kier alpha value is -2.45. The summed E-state index contributed by atoms with van der Waals surface area (Å²) < 4.78 is 9.55. The van der Waals surface area contributed by atoms with Crippen molar-refractivity contribution in [3.05, 3.63) is 43.8 Å². The second-order valence-electron chi connectivity index (χ2n) is 4.02. The van der Waals surface area contributed by atoms with Gasteiger partial charge in [0.1, 0.15) is 0 Å². The first-order valence-electron chi connectivity index (χ1n) is 5.17. The summed E-state index contributed by atoms with van der Waals surface area (Å²) in [6, 6.07) is 0. The zero-order valence-corrected chi connectivity index (χ0v) is 10.5. The van der Waals surface area contributed by atoms with E-state index in [1.54, 1.807) is 0 Å². The predicted molar refractivity (Wildman–Crippen MR) is 61.1 cm³/mol. The van der Waals surface area contributed by atoms with Gasteiger partial charge in [0.2, 0.25) is 0 Å². The summed E-state index contributed by atoms with van der Waals surface area (Å²) in [5.74, 6) is -1.04. The van der Waals surface area contributed by atoms with Crippen molar-refractivity contribution in [3.63, 3.8) is 0 Å². The molecule has 0 spiro atoms. The first-order chi connectivity index (χ1) is 8.74. The molecule has 2 atom stereocenters. The second kappa shape index (κ2) is 5.04. The van der Waals surface area contributed by atoms with Crippen LogP contribution in [0.25, 0.3) is 0 Å². The highest BCUT2D eigenvalue weighted by Gasteiger charge is 2.56. The van der Waals surface area contributed by atoms with E-state index >= 15 is 0 Å². The fourth-order valence-electron chi connectivity index (χ4n) is 1.68. The second-order valence-corrected chi connectivity index (χ2v) is 4.02. The van der Waals surface area contributed by atoms with Gasteiger partial charge >= 0.3 is 11.7 Å². The Morgan fingerprint density at radius 3 is 2.37 bits per heavy atom. The number of rotatable bonds is 4. The summed E-state index contributed by atoms with van der Waals surface area (Å²) in [6.45, 7) is 2.15. The molecule has 9 nitrogen and oxygen atoms in total. The molecule has 1 aliphatic carbocycles. The average Bonchev–Trinajstić information content (AvgIpc) is 2.30. The topological polar surface area (TPSA) is 122 Å². The third kappa shape index (κ3) is 2.54. The van der Waals surface area contributed by atoms with Crippen molar-refractivity contribution in [2.24, 2.45) is 0 Å². The van der Waals surface area contributed by atoms with Crippen LogP contribution in [0.1, 0.15) is 13.8 Å². The van der Waals surface area contributed by atoms with E-state index in [0.717, 1.165) is 26.0 Å². The van der Waals surface area contributed by atoms with E-state index in [0.29, 0.717) is 0 Å². The number of nitrogens with zero attached hydrogens (tertiary/aromatic N) is 2. The number of hydrogen-bond acceptors (Lipinski definition) is 7. The number of carbonyl (C=O) groups excluding carboxylic acids is 1. The Morgan fingerprint density at radius 2 is 2.00 bits per heavy atom. The minimum Gasteiger partial charge on any atom is -0.490 e. The predicted octanol–water partition coefficient (Wildman–Crippen LogP) is 0.658. The highest BCUT2D eigenvalue weighted by molar-refractivity contribution is 5.66. The number of allylic oxidation sites excluding steroid dienone is 1. The zero-order valence-electron chi connectivity index (χ0n) is 10.5. The lowest BCUT2D eigenvalue weighted by Gasteiger charge is -2.27. The van der Waals surface area contributed by atoms with Crippen molar-refractivity contribution in [1.82, 2.24) is 0 Å². The van der Waals surface area contributed by atoms with Gasteiger partial charge < -0.3 is 9.47 Å². The zero-order chi connectivity index (χ0) is 14.8. The fraction of sp³-hybridized carbons (Fsp3) is 0.500. The van der Waals surface area contributed by atoms with Crippen molar-refractivity contribution in [2.45, 2.75) is 25.5 Å². The van der Waals surface area contributed by atoms with Gasteiger partial charge in [-0.15, -0.1) is 0 Å². The lowest BCUT2D eigenvalue weighted by Crippen LogP contribution is -2.51. The molecule has 1 aliphatic rings. The summed E-state index contributed by atoms with van der Waals surface area (Å²) >= 11 is 0. The number of methoxy groups -OCH3 is 1. The number of esters is 1. The van der Waals surface area contributed by atoms with Crippen molar-refractivity contribution < 1.29 is 24.1 Å². The van der Waals surface area contributed by atoms with Gasteiger partial charge in [-0.2, -0.15) is 0 Å². The van der Waals surface area contributed by atoms with Gasteiger partial charge in [-0.25, -0.2) is 0 Å². The van der Waals surface area contributed by atoms with Crippen molar-refractivity contribution in [2.75, 3.05) is 7.11 Å². The van der Waals surface area contributed by atoms with Gasteiger partial charge in [0.05, 0.1) is 12.0 Å². The normalized spacial score (nSPS) is 25.9. The standard InChI is InChI=1S/C10H12N2O7/c1-6(13)19-9-8(11(14)15)7(18-3)4-5-10(9,2)12(16)17/h4-5,9H,1-3H3/t9-,10+/m0/s1. The summed E-state index contributed by atoms with van der Waals surface area (Å²) in [6.07, 6.45) is 0.572. The van der Waals surface area contributed by atoms with Crippen LogP contribution >= 0.6 is 0 Å². The number of ether oxygens (including phenoxy) is 2. The van der Waals surface area contributed by atoms with E-state index in [2.05, 4.69) is 0 Å². The summed E-state index contributed by atoms with van der Waals surface area (Å²) in [4.78, 5) is 31.6. The Labute approximate surface area is 107 Å². The highest BCUT2D eigenvalue weighted by atomic mass is 16.7. The van der Waals surface area contributed by atoms with Gasteiger partial charge in [-0.1, -0.05) is 0 Å². The maximum absolute atomic E-state index is 11.1. The van der Waals surface area contributed by atoms with Gasteiger partial charge in [-0.05, 0) is 6.08 Å². The molecule has 0 unspecified atom stereocenters. The largest absolute Gasteiger partial charge is 0.490 e. The van der Waals surface area contributed by atoms with Crippen molar-refractivity contribution in [1.29, 1.82) is 0 Å². The SMILES string of the molecule is COC1=C([N+](=O)[O-])[C@H](OC(C)=O)[C@](C)([N+](=O)[O-])C=C1. The van der Waals surface area contributed by atoms with E-state index in [1.807, 2.05) is 0 Å². The molecule has 0 aromatic carbocycles. The van der Waals surface area contributed by atoms with Gasteiger partial charge in [0.15, 0.2) is 5.76 Å². The summed E-state index contributed by atoms with van der Waals surface area (Å²) in [7, 11) is 1.18. The number of nitro groups is 2. The van der Waals surface area contributed by atoms with Gasteiger partial charge in [0.25, 0.3) is 11.6 Å². The van der Waals surface area contributed by atoms with Crippen LogP contribution in [0.2, 0.25) is 0 Å². The lowest BCUT2D eigenvalue weighted by atomic mass is 9.88. The molecule has 0 saturated heterocycles. The smallest absolute Gasteiger partial charge is 0.335 e. The Balaban J connectivity index is 3.42. The Morgan fingerprint density at radius 1 is 1.42 bits per heavy atom. The molecule has 0 aromatic rings. The molecule has 0 fully saturated rings. The van der Waals surface area contributed by atoms with Crippen LogP contribution in [0.3, 0.4) is 0 Å². The molecule has 0 aromatic heterocycles. The molecular weight excluding hydrogens is 260 g/mol. The molecule has 19 heavy (non-hydrogen) atoms. The first-order valence-corrected chi connectivity index (χ1v) is 5.17. The van der Waals surface area contributed by atoms with Gasteiger partial charge in [0, 0.05) is 24.8 Å². The molecule has 0 amide bonds. The van der Waals surface area contributed by atoms with Crippen LogP contribution in [0, 0.1) is 20.2 Å². The molecule has 104 valence electrons. The van der Waals surface area contributed by atoms with E-state index in [9.17, 15) is 25.0 Å². The van der Waals surface area contributed by atoms with Crippen molar-refractivity contribution in [3.8, 4) is 0 Å². The minimum atomic E-state index is -1.92.